The Balaban J connectivity index is 1.79. The molecule has 0 radical (unpaired) electrons. The number of nitrogens with zero attached hydrogens (tertiary/aromatic N) is 3. The maximum Gasteiger partial charge on any atom is 0.255 e. The third kappa shape index (κ3) is 6.55. The molecule has 9 heteroatoms. The lowest BCUT2D eigenvalue weighted by molar-refractivity contribution is -0.121. The fourth-order valence-electron chi connectivity index (χ4n) is 2.70. The predicted molar refractivity (Wildman–Crippen MR) is 123 cm³/mol. The standard InChI is InChI=1S/C22H21BrN4O3S/c1-17-2-4-19(5-3-17)15-27(31(29,30)21-8-6-20(23)7-9-21)16-22(28)26-25-14-18-10-12-24-13-11-18/h2-14H,15-16H2,1H3,(H,26,28)/b25-14-. The zero-order valence-corrected chi connectivity index (χ0v) is 19.2. The second kappa shape index (κ2) is 10.4. The molecule has 1 amide bonds. The van der Waals surface area contributed by atoms with E-state index in [0.29, 0.717) is 0 Å². The van der Waals surface area contributed by atoms with Crippen LogP contribution in [0.3, 0.4) is 0 Å². The van der Waals surface area contributed by atoms with Crippen LogP contribution in [0.25, 0.3) is 0 Å². The van der Waals surface area contributed by atoms with Crippen molar-refractivity contribution in [1.29, 1.82) is 0 Å². The van der Waals surface area contributed by atoms with Crippen LogP contribution in [0.15, 0.2) is 87.5 Å². The van der Waals surface area contributed by atoms with Crippen LogP contribution in [0.4, 0.5) is 0 Å². The number of amides is 1. The number of sulfonamides is 1. The van der Waals surface area contributed by atoms with Crippen LogP contribution in [0.1, 0.15) is 16.7 Å². The summed E-state index contributed by atoms with van der Waals surface area (Å²) in [5.74, 6) is -0.543. The second-order valence-corrected chi connectivity index (χ2v) is 9.64. The van der Waals surface area contributed by atoms with Gasteiger partial charge in [0, 0.05) is 23.4 Å². The number of halogens is 1. The van der Waals surface area contributed by atoms with Crippen molar-refractivity contribution in [2.45, 2.75) is 18.4 Å². The van der Waals surface area contributed by atoms with Crippen molar-refractivity contribution in [2.75, 3.05) is 6.54 Å². The van der Waals surface area contributed by atoms with E-state index in [-0.39, 0.29) is 18.0 Å². The van der Waals surface area contributed by atoms with Crippen molar-refractivity contribution in [1.82, 2.24) is 14.7 Å². The number of nitrogens with one attached hydrogen (secondary N) is 1. The third-order valence-electron chi connectivity index (χ3n) is 4.36. The van der Waals surface area contributed by atoms with Gasteiger partial charge in [0.2, 0.25) is 10.0 Å². The Bertz CT molecular complexity index is 1150. The molecule has 0 saturated heterocycles. The van der Waals surface area contributed by atoms with Gasteiger partial charge in [0.25, 0.3) is 5.91 Å². The summed E-state index contributed by atoms with van der Waals surface area (Å²) in [6, 6.07) is 17.3. The lowest BCUT2D eigenvalue weighted by Gasteiger charge is -2.21. The van der Waals surface area contributed by atoms with E-state index in [1.54, 1.807) is 36.7 Å². The largest absolute Gasteiger partial charge is 0.272 e. The number of rotatable bonds is 8. The van der Waals surface area contributed by atoms with E-state index in [1.165, 1.54) is 18.3 Å². The van der Waals surface area contributed by atoms with Gasteiger partial charge in [-0.1, -0.05) is 45.8 Å². The maximum absolute atomic E-state index is 13.2. The molecular formula is C22H21BrN4O3S. The van der Waals surface area contributed by atoms with Crippen molar-refractivity contribution in [3.05, 3.63) is 94.2 Å². The van der Waals surface area contributed by atoms with Crippen molar-refractivity contribution in [3.63, 3.8) is 0 Å². The molecule has 0 saturated carbocycles. The topological polar surface area (TPSA) is 91.7 Å². The summed E-state index contributed by atoms with van der Waals surface area (Å²) in [5.41, 5.74) is 4.99. The fourth-order valence-corrected chi connectivity index (χ4v) is 4.35. The van der Waals surface area contributed by atoms with Gasteiger partial charge in [-0.2, -0.15) is 9.41 Å². The molecule has 31 heavy (non-hydrogen) atoms. The summed E-state index contributed by atoms with van der Waals surface area (Å²) in [6.07, 6.45) is 4.68. The zero-order valence-electron chi connectivity index (χ0n) is 16.8. The first-order valence-corrected chi connectivity index (χ1v) is 11.6. The van der Waals surface area contributed by atoms with Crippen molar-refractivity contribution >= 4 is 38.1 Å². The van der Waals surface area contributed by atoms with E-state index in [0.717, 1.165) is 25.5 Å². The maximum atomic E-state index is 13.2. The van der Waals surface area contributed by atoms with Crippen molar-refractivity contribution in [2.24, 2.45) is 5.10 Å². The van der Waals surface area contributed by atoms with Crippen LogP contribution in [0.5, 0.6) is 0 Å². The quantitative estimate of drug-likeness (QED) is 0.378. The highest BCUT2D eigenvalue weighted by molar-refractivity contribution is 9.10. The van der Waals surface area contributed by atoms with Gasteiger partial charge in [0.1, 0.15) is 0 Å². The van der Waals surface area contributed by atoms with Crippen LogP contribution in [0, 0.1) is 6.92 Å². The molecule has 1 heterocycles. The van der Waals surface area contributed by atoms with Crippen LogP contribution in [0.2, 0.25) is 0 Å². The van der Waals surface area contributed by atoms with Crippen LogP contribution >= 0.6 is 15.9 Å². The van der Waals surface area contributed by atoms with E-state index in [2.05, 4.69) is 31.4 Å². The number of aryl methyl sites for hydroxylation is 1. The highest BCUT2D eigenvalue weighted by Crippen LogP contribution is 2.21. The predicted octanol–water partition coefficient (Wildman–Crippen LogP) is 3.49. The van der Waals surface area contributed by atoms with Crippen LogP contribution < -0.4 is 5.43 Å². The van der Waals surface area contributed by atoms with Gasteiger partial charge in [-0.15, -0.1) is 0 Å². The van der Waals surface area contributed by atoms with Gasteiger partial charge in [-0.05, 0) is 54.4 Å². The van der Waals surface area contributed by atoms with Crippen molar-refractivity contribution in [3.8, 4) is 0 Å². The molecule has 0 aliphatic carbocycles. The molecule has 0 atom stereocenters. The van der Waals surface area contributed by atoms with Gasteiger partial charge < -0.3 is 0 Å². The Hall–Kier alpha value is -2.88. The van der Waals surface area contributed by atoms with E-state index < -0.39 is 15.9 Å². The van der Waals surface area contributed by atoms with Gasteiger partial charge in [-0.25, -0.2) is 13.8 Å². The number of carbonyl (C=O) groups is 1. The monoisotopic (exact) mass is 500 g/mol. The number of hydrogen-bond donors (Lipinski definition) is 1. The summed E-state index contributed by atoms with van der Waals surface area (Å²) in [7, 11) is -3.91. The van der Waals surface area contributed by atoms with Gasteiger partial charge in [0.15, 0.2) is 0 Å². The zero-order chi connectivity index (χ0) is 22.3. The Labute approximate surface area is 190 Å². The molecule has 7 nitrogen and oxygen atoms in total. The summed E-state index contributed by atoms with van der Waals surface area (Å²) in [6.45, 7) is 1.63. The Kier molecular flexibility index (Phi) is 7.67. The molecule has 0 spiro atoms. The second-order valence-electron chi connectivity index (χ2n) is 6.79. The minimum atomic E-state index is -3.91. The molecule has 1 aromatic heterocycles. The van der Waals surface area contributed by atoms with E-state index in [4.69, 9.17) is 0 Å². The summed E-state index contributed by atoms with van der Waals surface area (Å²) in [5, 5.41) is 3.90. The average molecular weight is 501 g/mol. The first kappa shape index (κ1) is 22.8. The van der Waals surface area contributed by atoms with Crippen LogP contribution in [-0.2, 0) is 21.4 Å². The number of aromatic nitrogens is 1. The lowest BCUT2D eigenvalue weighted by Crippen LogP contribution is -2.39. The number of pyridine rings is 1. The molecule has 0 aliphatic rings. The number of hydrazone groups is 1. The molecule has 1 N–H and O–H groups in total. The minimum Gasteiger partial charge on any atom is -0.272 e. The molecule has 160 valence electrons. The first-order valence-electron chi connectivity index (χ1n) is 9.38. The first-order chi connectivity index (χ1) is 14.8. The number of benzene rings is 2. The minimum absolute atomic E-state index is 0.0557. The molecule has 0 aliphatic heterocycles. The number of hydrogen-bond acceptors (Lipinski definition) is 5. The molecule has 0 bridgehead atoms. The molecule has 2 aromatic carbocycles. The summed E-state index contributed by atoms with van der Waals surface area (Å²) < 4.78 is 28.4. The lowest BCUT2D eigenvalue weighted by atomic mass is 10.1. The average Bonchev–Trinajstić information content (AvgIpc) is 2.76. The van der Waals surface area contributed by atoms with E-state index in [9.17, 15) is 13.2 Å². The third-order valence-corrected chi connectivity index (χ3v) is 6.69. The smallest absolute Gasteiger partial charge is 0.255 e. The fraction of sp³-hybridized carbons (Fsp3) is 0.136. The van der Waals surface area contributed by atoms with E-state index >= 15 is 0 Å². The normalized spacial score (nSPS) is 11.7. The number of carbonyl (C=O) groups excluding carboxylic acids is 1. The highest BCUT2D eigenvalue weighted by Gasteiger charge is 2.27. The SMILES string of the molecule is Cc1ccc(CN(CC(=O)N/N=C\c2ccncc2)S(=O)(=O)c2ccc(Br)cc2)cc1. The van der Waals surface area contributed by atoms with Gasteiger partial charge in [-0.3, -0.25) is 9.78 Å². The molecule has 3 aromatic rings. The van der Waals surface area contributed by atoms with Gasteiger partial charge in [0.05, 0.1) is 17.7 Å². The summed E-state index contributed by atoms with van der Waals surface area (Å²) >= 11 is 3.31. The highest BCUT2D eigenvalue weighted by atomic mass is 79.9. The summed E-state index contributed by atoms with van der Waals surface area (Å²) in [4.78, 5) is 16.5. The Morgan fingerprint density at radius 2 is 1.71 bits per heavy atom. The Morgan fingerprint density at radius 1 is 1.06 bits per heavy atom. The molecule has 0 fully saturated rings. The molecule has 3 rings (SSSR count). The van der Waals surface area contributed by atoms with E-state index in [1.807, 2.05) is 31.2 Å². The Morgan fingerprint density at radius 3 is 2.35 bits per heavy atom. The van der Waals surface area contributed by atoms with Gasteiger partial charge >= 0.3 is 0 Å². The molecule has 0 unspecified atom stereocenters. The van der Waals surface area contributed by atoms with Crippen LogP contribution in [-0.4, -0.2) is 36.4 Å². The molecular weight excluding hydrogens is 480 g/mol. The van der Waals surface area contributed by atoms with Crippen molar-refractivity contribution < 1.29 is 13.2 Å².